The molecule has 1 N–H and O–H groups in total. The Morgan fingerprint density at radius 1 is 0.795 bits per heavy atom. The molecule has 0 spiro atoms. The summed E-state index contributed by atoms with van der Waals surface area (Å²) in [6.07, 6.45) is 2.85. The van der Waals surface area contributed by atoms with Gasteiger partial charge in [-0.05, 0) is 53.1 Å². The summed E-state index contributed by atoms with van der Waals surface area (Å²) in [5, 5.41) is 3.64. The van der Waals surface area contributed by atoms with Gasteiger partial charge in [-0.1, -0.05) is 107 Å². The van der Waals surface area contributed by atoms with Gasteiger partial charge in [-0.3, -0.25) is 4.99 Å². The summed E-state index contributed by atoms with van der Waals surface area (Å²) < 4.78 is 6.09. The fourth-order valence-electron chi connectivity index (χ4n) is 5.00. The van der Waals surface area contributed by atoms with Crippen molar-refractivity contribution in [3.8, 4) is 0 Å². The molecule has 0 fully saturated rings. The summed E-state index contributed by atoms with van der Waals surface area (Å²) in [6, 6.07) is 33.6. The van der Waals surface area contributed by atoms with E-state index in [1.54, 1.807) is 0 Å². The van der Waals surface area contributed by atoms with Gasteiger partial charge < -0.3 is 10.1 Å². The lowest BCUT2D eigenvalue weighted by Crippen LogP contribution is -2.09. The van der Waals surface area contributed by atoms with E-state index in [0.717, 1.165) is 34.6 Å². The van der Waals surface area contributed by atoms with E-state index in [-0.39, 0.29) is 6.04 Å². The van der Waals surface area contributed by atoms with E-state index in [0.29, 0.717) is 24.3 Å². The fourth-order valence-corrected chi connectivity index (χ4v) is 5.00. The van der Waals surface area contributed by atoms with Gasteiger partial charge in [0.25, 0.3) is 0 Å². The lowest BCUT2D eigenvalue weighted by Gasteiger charge is -2.17. The Morgan fingerprint density at radius 3 is 2.15 bits per heavy atom. The molecule has 0 amide bonds. The number of anilines is 2. The molecule has 4 nitrogen and oxygen atoms in total. The molecule has 0 saturated heterocycles. The first kappa shape index (κ1) is 26.4. The third-order valence-corrected chi connectivity index (χ3v) is 7.09. The van der Waals surface area contributed by atoms with E-state index in [2.05, 4.69) is 106 Å². The minimum Gasteiger partial charge on any atom is -0.475 e. The first-order valence-corrected chi connectivity index (χ1v) is 13.9. The monoisotopic (exact) mass is 515 g/mol. The maximum Gasteiger partial charge on any atom is 0.218 e. The van der Waals surface area contributed by atoms with Gasteiger partial charge >= 0.3 is 0 Å². The van der Waals surface area contributed by atoms with Crippen LogP contribution in [0.2, 0.25) is 0 Å². The van der Waals surface area contributed by atoms with Gasteiger partial charge in [-0.25, -0.2) is 4.99 Å². The van der Waals surface area contributed by atoms with E-state index in [4.69, 9.17) is 14.7 Å². The van der Waals surface area contributed by atoms with E-state index in [1.165, 1.54) is 16.7 Å². The predicted octanol–water partition coefficient (Wildman–Crippen LogP) is 8.82. The Kier molecular flexibility index (Phi) is 8.21. The Hall–Kier alpha value is -4.18. The molecule has 39 heavy (non-hydrogen) atoms. The van der Waals surface area contributed by atoms with Crippen molar-refractivity contribution in [2.24, 2.45) is 9.98 Å². The summed E-state index contributed by atoms with van der Waals surface area (Å²) in [5.74, 6) is 1.49. The van der Waals surface area contributed by atoms with Crippen molar-refractivity contribution in [2.45, 2.75) is 52.0 Å². The molecule has 198 valence electrons. The van der Waals surface area contributed by atoms with Crippen molar-refractivity contribution in [1.29, 1.82) is 0 Å². The second kappa shape index (κ2) is 12.1. The van der Waals surface area contributed by atoms with E-state index < -0.39 is 0 Å². The summed E-state index contributed by atoms with van der Waals surface area (Å²) in [4.78, 5) is 9.99. The SMILES string of the molecule is CC(C)c1cccc(C(C)C)c1N=Cc1ccccc1Nc1ccccc1C1=NC(Cc2ccccc2)CO1. The summed E-state index contributed by atoms with van der Waals surface area (Å²) in [7, 11) is 0. The predicted molar refractivity (Wildman–Crippen MR) is 164 cm³/mol. The highest BCUT2D eigenvalue weighted by Crippen LogP contribution is 2.35. The van der Waals surface area contributed by atoms with Gasteiger partial charge in [0.05, 0.1) is 23.0 Å². The molecule has 0 aliphatic carbocycles. The number of para-hydroxylation sites is 3. The van der Waals surface area contributed by atoms with Crippen LogP contribution in [0.4, 0.5) is 17.1 Å². The zero-order valence-electron chi connectivity index (χ0n) is 23.3. The first-order chi connectivity index (χ1) is 19.0. The van der Waals surface area contributed by atoms with Crippen molar-refractivity contribution in [2.75, 3.05) is 11.9 Å². The van der Waals surface area contributed by atoms with Crippen LogP contribution in [-0.4, -0.2) is 24.8 Å². The molecule has 1 heterocycles. The molecule has 1 aliphatic heterocycles. The topological polar surface area (TPSA) is 46.0 Å². The molecule has 4 aromatic rings. The minimum absolute atomic E-state index is 0.117. The largest absolute Gasteiger partial charge is 0.475 e. The minimum atomic E-state index is 0.117. The average molecular weight is 516 g/mol. The third kappa shape index (κ3) is 6.28. The number of nitrogens with zero attached hydrogens (tertiary/aromatic N) is 2. The quantitative estimate of drug-likeness (QED) is 0.226. The van der Waals surface area contributed by atoms with Crippen LogP contribution in [0.1, 0.15) is 67.3 Å². The van der Waals surface area contributed by atoms with Crippen molar-refractivity contribution in [3.63, 3.8) is 0 Å². The van der Waals surface area contributed by atoms with Gasteiger partial charge in [0, 0.05) is 17.5 Å². The van der Waals surface area contributed by atoms with Gasteiger partial charge in [-0.15, -0.1) is 0 Å². The van der Waals surface area contributed by atoms with Crippen LogP contribution in [0.15, 0.2) is 107 Å². The molecule has 1 unspecified atom stereocenters. The number of aliphatic imine (C=N–C) groups is 2. The Labute approximate surface area is 232 Å². The van der Waals surface area contributed by atoms with Gasteiger partial charge in [0.2, 0.25) is 5.90 Å². The number of ether oxygens (including phenoxy) is 1. The van der Waals surface area contributed by atoms with Crippen LogP contribution in [0.3, 0.4) is 0 Å². The average Bonchev–Trinajstić information content (AvgIpc) is 3.41. The van der Waals surface area contributed by atoms with Crippen molar-refractivity contribution >= 4 is 29.2 Å². The summed E-state index contributed by atoms with van der Waals surface area (Å²) in [6.45, 7) is 9.49. The van der Waals surface area contributed by atoms with E-state index in [1.807, 2.05) is 30.5 Å². The Morgan fingerprint density at radius 2 is 1.44 bits per heavy atom. The molecular formula is C35H37N3O. The molecule has 1 atom stereocenters. The third-order valence-electron chi connectivity index (χ3n) is 7.09. The Balaban J connectivity index is 1.42. The second-order valence-electron chi connectivity index (χ2n) is 10.7. The molecule has 4 aromatic carbocycles. The summed E-state index contributed by atoms with van der Waals surface area (Å²) >= 11 is 0. The van der Waals surface area contributed by atoms with Crippen LogP contribution in [0.5, 0.6) is 0 Å². The van der Waals surface area contributed by atoms with E-state index >= 15 is 0 Å². The van der Waals surface area contributed by atoms with Gasteiger partial charge in [-0.2, -0.15) is 0 Å². The highest BCUT2D eigenvalue weighted by atomic mass is 16.5. The molecule has 0 bridgehead atoms. The number of rotatable bonds is 9. The maximum atomic E-state index is 6.09. The summed E-state index contributed by atoms with van der Waals surface area (Å²) in [5.41, 5.74) is 8.84. The molecule has 0 radical (unpaired) electrons. The van der Waals surface area contributed by atoms with Crippen LogP contribution >= 0.6 is 0 Å². The molecule has 0 aromatic heterocycles. The normalized spacial score (nSPS) is 15.1. The van der Waals surface area contributed by atoms with Crippen LogP contribution in [0, 0.1) is 0 Å². The van der Waals surface area contributed by atoms with E-state index in [9.17, 15) is 0 Å². The highest BCUT2D eigenvalue weighted by Gasteiger charge is 2.22. The molecule has 4 heteroatoms. The van der Waals surface area contributed by atoms with Crippen LogP contribution in [0.25, 0.3) is 0 Å². The van der Waals surface area contributed by atoms with Crippen molar-refractivity contribution < 1.29 is 4.74 Å². The zero-order valence-corrected chi connectivity index (χ0v) is 23.3. The number of hydrogen-bond donors (Lipinski definition) is 1. The number of benzene rings is 4. The van der Waals surface area contributed by atoms with Gasteiger partial charge in [0.1, 0.15) is 6.61 Å². The molecule has 1 aliphatic rings. The standard InChI is InChI=1S/C35H37N3O/c1-24(2)29-17-12-18-30(25(3)4)34(29)36-22-27-15-8-10-19-32(27)38-33-20-11-9-16-31(33)35-37-28(23-39-35)21-26-13-6-5-7-14-26/h5-20,22,24-25,28,38H,21,23H2,1-4H3. The Bertz CT molecular complexity index is 1440. The highest BCUT2D eigenvalue weighted by molar-refractivity contribution is 6.02. The lowest BCUT2D eigenvalue weighted by atomic mass is 9.93. The van der Waals surface area contributed by atoms with Crippen molar-refractivity contribution in [1.82, 2.24) is 0 Å². The number of nitrogens with one attached hydrogen (secondary N) is 1. The number of hydrogen-bond acceptors (Lipinski definition) is 4. The lowest BCUT2D eigenvalue weighted by molar-refractivity contribution is 0.317. The molecule has 5 rings (SSSR count). The first-order valence-electron chi connectivity index (χ1n) is 13.9. The van der Waals surface area contributed by atoms with Crippen LogP contribution in [-0.2, 0) is 11.2 Å². The smallest absolute Gasteiger partial charge is 0.218 e. The zero-order chi connectivity index (χ0) is 27.2. The molecular weight excluding hydrogens is 478 g/mol. The van der Waals surface area contributed by atoms with Crippen molar-refractivity contribution in [3.05, 3.63) is 125 Å². The second-order valence-corrected chi connectivity index (χ2v) is 10.7. The maximum absolute atomic E-state index is 6.09. The van der Waals surface area contributed by atoms with Crippen LogP contribution < -0.4 is 5.32 Å². The molecule has 0 saturated carbocycles. The fraction of sp³-hybridized carbons (Fsp3) is 0.257. The van der Waals surface area contributed by atoms with Gasteiger partial charge in [0.15, 0.2) is 0 Å².